The van der Waals surface area contributed by atoms with Crippen LogP contribution >= 0.6 is 11.8 Å². The van der Waals surface area contributed by atoms with Crippen LogP contribution in [-0.4, -0.2) is 33.9 Å². The molecule has 240 valence electrons. The highest BCUT2D eigenvalue weighted by Gasteiger charge is 2.24. The SMILES string of the molecule is Cc1ccc(/C=C(\NC(=O)c2ccccc2)C(=O)Nc2cccc(SC(C(=O)Nc3ccc(O)c(C(=O)O)c3)c3ccccc3)c2)cc1. The summed E-state index contributed by atoms with van der Waals surface area (Å²) in [6, 6.07) is 35.9. The van der Waals surface area contributed by atoms with Gasteiger partial charge in [0.2, 0.25) is 5.91 Å². The third-order valence-corrected chi connectivity index (χ3v) is 8.35. The number of aryl methyl sites for hydroxylation is 1. The minimum absolute atomic E-state index is 0.0435. The van der Waals surface area contributed by atoms with Crippen molar-refractivity contribution in [2.45, 2.75) is 17.1 Å². The molecular weight excluding hydrogens is 626 g/mol. The van der Waals surface area contributed by atoms with Crippen LogP contribution in [0.2, 0.25) is 0 Å². The highest BCUT2D eigenvalue weighted by Crippen LogP contribution is 2.37. The number of hydrogen-bond acceptors (Lipinski definition) is 6. The number of carbonyl (C=O) groups is 4. The zero-order valence-electron chi connectivity index (χ0n) is 25.7. The monoisotopic (exact) mass is 657 g/mol. The van der Waals surface area contributed by atoms with Crippen molar-refractivity contribution in [2.24, 2.45) is 0 Å². The van der Waals surface area contributed by atoms with Crippen molar-refractivity contribution in [1.29, 1.82) is 0 Å². The molecule has 0 saturated carbocycles. The zero-order valence-corrected chi connectivity index (χ0v) is 26.5. The van der Waals surface area contributed by atoms with Crippen molar-refractivity contribution in [3.05, 3.63) is 161 Å². The molecule has 0 fully saturated rings. The second-order valence-electron chi connectivity index (χ2n) is 10.7. The molecule has 48 heavy (non-hydrogen) atoms. The first-order valence-electron chi connectivity index (χ1n) is 14.8. The first-order chi connectivity index (χ1) is 23.2. The summed E-state index contributed by atoms with van der Waals surface area (Å²) in [6.07, 6.45) is 1.60. The van der Waals surface area contributed by atoms with Crippen LogP contribution in [0.1, 0.15) is 42.7 Å². The van der Waals surface area contributed by atoms with E-state index < -0.39 is 34.7 Å². The highest BCUT2D eigenvalue weighted by molar-refractivity contribution is 8.00. The summed E-state index contributed by atoms with van der Waals surface area (Å²) in [7, 11) is 0. The molecule has 9 nitrogen and oxygen atoms in total. The first kappa shape index (κ1) is 33.2. The molecule has 0 aliphatic carbocycles. The van der Waals surface area contributed by atoms with Gasteiger partial charge in [-0.3, -0.25) is 14.4 Å². The number of amides is 3. The van der Waals surface area contributed by atoms with E-state index in [1.54, 1.807) is 72.8 Å². The normalized spacial score (nSPS) is 11.6. The Hall–Kier alpha value is -6.13. The summed E-state index contributed by atoms with van der Waals surface area (Å²) in [6.45, 7) is 1.96. The third kappa shape index (κ3) is 8.77. The number of carboxylic acids is 1. The Bertz CT molecular complexity index is 1980. The Labute approximate surface area is 281 Å². The van der Waals surface area contributed by atoms with E-state index in [2.05, 4.69) is 16.0 Å². The minimum Gasteiger partial charge on any atom is -0.507 e. The topological polar surface area (TPSA) is 145 Å². The van der Waals surface area contributed by atoms with Crippen LogP contribution in [0.15, 0.2) is 138 Å². The summed E-state index contributed by atoms with van der Waals surface area (Å²) in [5.41, 5.74) is 3.22. The molecule has 0 aromatic heterocycles. The molecule has 5 N–H and O–H groups in total. The largest absolute Gasteiger partial charge is 0.507 e. The Morgan fingerprint density at radius 3 is 2.08 bits per heavy atom. The van der Waals surface area contributed by atoms with Gasteiger partial charge in [0.25, 0.3) is 11.8 Å². The van der Waals surface area contributed by atoms with Gasteiger partial charge in [-0.1, -0.05) is 84.4 Å². The van der Waals surface area contributed by atoms with Gasteiger partial charge in [-0.25, -0.2) is 4.79 Å². The Morgan fingerprint density at radius 2 is 1.40 bits per heavy atom. The van der Waals surface area contributed by atoms with E-state index >= 15 is 0 Å². The van der Waals surface area contributed by atoms with Crippen LogP contribution in [-0.2, 0) is 9.59 Å². The second-order valence-corrected chi connectivity index (χ2v) is 11.9. The summed E-state index contributed by atoms with van der Waals surface area (Å²) in [5, 5.41) is 26.8. The fourth-order valence-corrected chi connectivity index (χ4v) is 5.73. The Balaban J connectivity index is 1.38. The van der Waals surface area contributed by atoms with Gasteiger partial charge in [0, 0.05) is 21.8 Å². The van der Waals surface area contributed by atoms with Gasteiger partial charge in [-0.2, -0.15) is 0 Å². The summed E-state index contributed by atoms with van der Waals surface area (Å²) < 4.78 is 0. The fraction of sp³-hybridized carbons (Fsp3) is 0.0526. The lowest BCUT2D eigenvalue weighted by Gasteiger charge is -2.18. The van der Waals surface area contributed by atoms with E-state index in [9.17, 15) is 29.4 Å². The molecule has 0 heterocycles. The van der Waals surface area contributed by atoms with Gasteiger partial charge >= 0.3 is 5.97 Å². The van der Waals surface area contributed by atoms with Gasteiger partial charge in [-0.15, -0.1) is 11.8 Å². The predicted octanol–water partition coefficient (Wildman–Crippen LogP) is 7.28. The molecule has 5 aromatic rings. The number of phenols is 1. The maximum Gasteiger partial charge on any atom is 0.339 e. The van der Waals surface area contributed by atoms with Crippen molar-refractivity contribution in [1.82, 2.24) is 5.32 Å². The van der Waals surface area contributed by atoms with Crippen LogP contribution in [0.3, 0.4) is 0 Å². The van der Waals surface area contributed by atoms with E-state index in [0.29, 0.717) is 21.7 Å². The van der Waals surface area contributed by atoms with Crippen LogP contribution in [0.5, 0.6) is 5.75 Å². The maximum atomic E-state index is 13.6. The van der Waals surface area contributed by atoms with Crippen molar-refractivity contribution in [3.63, 3.8) is 0 Å². The molecule has 1 unspecified atom stereocenters. The van der Waals surface area contributed by atoms with Crippen molar-refractivity contribution < 1.29 is 29.4 Å². The minimum atomic E-state index is -1.33. The Morgan fingerprint density at radius 1 is 0.729 bits per heavy atom. The maximum absolute atomic E-state index is 13.6. The van der Waals surface area contributed by atoms with Crippen molar-refractivity contribution in [3.8, 4) is 5.75 Å². The number of hydrogen-bond donors (Lipinski definition) is 5. The molecule has 0 spiro atoms. The highest BCUT2D eigenvalue weighted by atomic mass is 32.2. The summed E-state index contributed by atoms with van der Waals surface area (Å²) >= 11 is 1.23. The average Bonchev–Trinajstić information content (AvgIpc) is 3.09. The summed E-state index contributed by atoms with van der Waals surface area (Å²) in [4.78, 5) is 52.4. The fourth-order valence-electron chi connectivity index (χ4n) is 4.65. The molecule has 1 atom stereocenters. The number of anilines is 2. The lowest BCUT2D eigenvalue weighted by atomic mass is 10.1. The lowest BCUT2D eigenvalue weighted by Crippen LogP contribution is -2.30. The van der Waals surface area contributed by atoms with Gasteiger partial charge in [-0.05, 0) is 72.7 Å². The molecule has 0 bridgehead atoms. The average molecular weight is 658 g/mol. The van der Waals surface area contributed by atoms with E-state index in [4.69, 9.17) is 0 Å². The van der Waals surface area contributed by atoms with E-state index in [1.165, 1.54) is 30.0 Å². The number of carboxylic acid groups (broad SMARTS) is 1. The Kier molecular flexibility index (Phi) is 10.7. The van der Waals surface area contributed by atoms with Crippen LogP contribution in [0.25, 0.3) is 6.08 Å². The molecule has 0 aliphatic rings. The first-order valence-corrected chi connectivity index (χ1v) is 15.7. The van der Waals surface area contributed by atoms with E-state index in [1.807, 2.05) is 49.4 Å². The van der Waals surface area contributed by atoms with Gasteiger partial charge in [0.05, 0.1) is 0 Å². The summed E-state index contributed by atoms with van der Waals surface area (Å²) in [5.74, 6) is -3.14. The van der Waals surface area contributed by atoms with Gasteiger partial charge in [0.15, 0.2) is 0 Å². The van der Waals surface area contributed by atoms with E-state index in [-0.39, 0.29) is 16.9 Å². The standard InChI is InChI=1S/C38H31N3O6S/c1-24-15-17-25(18-16-24)21-32(41-35(43)27-11-6-3-7-12-27)36(44)39-28-13-8-14-30(22-28)48-34(26-9-4-2-5-10-26)37(45)40-29-19-20-33(42)31(23-29)38(46)47/h2-23,34,42H,1H3,(H,39,44)(H,40,45)(H,41,43)(H,46,47)/b32-21-. The molecule has 0 radical (unpaired) electrons. The lowest BCUT2D eigenvalue weighted by molar-refractivity contribution is -0.116. The predicted molar refractivity (Wildman–Crippen MR) is 187 cm³/mol. The third-order valence-electron chi connectivity index (χ3n) is 7.10. The molecule has 5 rings (SSSR count). The van der Waals surface area contributed by atoms with Crippen molar-refractivity contribution in [2.75, 3.05) is 10.6 Å². The zero-order chi connectivity index (χ0) is 34.0. The number of carbonyl (C=O) groups excluding carboxylic acids is 3. The number of thioether (sulfide) groups is 1. The number of rotatable bonds is 11. The molecule has 0 saturated heterocycles. The molecule has 5 aromatic carbocycles. The van der Waals surface area contributed by atoms with Crippen molar-refractivity contribution >= 4 is 52.9 Å². The molecule has 10 heteroatoms. The molecule has 0 aliphatic heterocycles. The molecule has 3 amide bonds. The number of nitrogens with one attached hydrogen (secondary N) is 3. The van der Waals surface area contributed by atoms with Crippen LogP contribution in [0, 0.1) is 6.92 Å². The van der Waals surface area contributed by atoms with Crippen LogP contribution < -0.4 is 16.0 Å². The second kappa shape index (κ2) is 15.4. The van der Waals surface area contributed by atoms with Gasteiger partial charge in [0.1, 0.15) is 22.3 Å². The van der Waals surface area contributed by atoms with E-state index in [0.717, 1.165) is 11.1 Å². The van der Waals surface area contributed by atoms with Gasteiger partial charge < -0.3 is 26.2 Å². The number of benzene rings is 5. The van der Waals surface area contributed by atoms with Crippen LogP contribution in [0.4, 0.5) is 11.4 Å². The quantitative estimate of drug-likeness (QED) is 0.0570. The smallest absolute Gasteiger partial charge is 0.339 e. The number of aromatic hydroxyl groups is 1. The number of aromatic carboxylic acids is 1. The molecular formula is C38H31N3O6S.